The highest BCUT2D eigenvalue weighted by molar-refractivity contribution is 7.99. The summed E-state index contributed by atoms with van der Waals surface area (Å²) in [6.07, 6.45) is 0. The number of hydrogen-bond acceptors (Lipinski definition) is 3. The molecule has 2 N–H and O–H groups in total. The van der Waals surface area contributed by atoms with Gasteiger partial charge in [-0.15, -0.1) is 0 Å². The molecular weight excluding hydrogens is 170 g/mol. The molecule has 0 radical (unpaired) electrons. The van der Waals surface area contributed by atoms with Gasteiger partial charge in [-0.2, -0.15) is 11.8 Å². The van der Waals surface area contributed by atoms with E-state index < -0.39 is 0 Å². The van der Waals surface area contributed by atoms with Crippen molar-refractivity contribution in [3.8, 4) is 0 Å². The number of Topliss-reactive ketones (excluding diaryl/α,β-unsaturated/α-hetero) is 1. The fourth-order valence-corrected chi connectivity index (χ4v) is 1.56. The lowest BCUT2D eigenvalue weighted by Gasteiger charge is -2.13. The van der Waals surface area contributed by atoms with E-state index in [4.69, 9.17) is 5.73 Å². The second-order valence-electron chi connectivity index (χ2n) is 3.55. The summed E-state index contributed by atoms with van der Waals surface area (Å²) in [6.45, 7) is 8.00. The van der Waals surface area contributed by atoms with Crippen LogP contribution in [-0.2, 0) is 4.79 Å². The second-order valence-corrected chi connectivity index (χ2v) is 5.16. The minimum Gasteiger partial charge on any atom is -0.321 e. The zero-order chi connectivity index (χ0) is 9.72. The number of thioether (sulfide) groups is 1. The van der Waals surface area contributed by atoms with Gasteiger partial charge < -0.3 is 5.73 Å². The van der Waals surface area contributed by atoms with Crippen LogP contribution in [0, 0.1) is 5.92 Å². The van der Waals surface area contributed by atoms with Gasteiger partial charge in [0.05, 0.1) is 6.04 Å². The van der Waals surface area contributed by atoms with Crippen molar-refractivity contribution in [1.29, 1.82) is 0 Å². The van der Waals surface area contributed by atoms with Gasteiger partial charge >= 0.3 is 0 Å². The Hall–Kier alpha value is -0.0200. The Kier molecular flexibility index (Phi) is 5.59. The van der Waals surface area contributed by atoms with Crippen molar-refractivity contribution >= 4 is 17.5 Å². The Morgan fingerprint density at radius 1 is 1.33 bits per heavy atom. The largest absolute Gasteiger partial charge is 0.321 e. The topological polar surface area (TPSA) is 43.1 Å². The highest BCUT2D eigenvalue weighted by atomic mass is 32.2. The smallest absolute Gasteiger partial charge is 0.152 e. The normalized spacial score (nSPS) is 13.9. The molecular formula is C9H19NOS. The number of carbonyl (C=O) groups is 1. The molecule has 2 nitrogen and oxygen atoms in total. The van der Waals surface area contributed by atoms with Crippen LogP contribution < -0.4 is 5.73 Å². The van der Waals surface area contributed by atoms with Crippen molar-refractivity contribution in [3.63, 3.8) is 0 Å². The van der Waals surface area contributed by atoms with Crippen LogP contribution in [0.3, 0.4) is 0 Å². The summed E-state index contributed by atoms with van der Waals surface area (Å²) in [5, 5.41) is 0.552. The van der Waals surface area contributed by atoms with Gasteiger partial charge in [0.2, 0.25) is 0 Å². The van der Waals surface area contributed by atoms with E-state index in [2.05, 4.69) is 13.8 Å². The minimum atomic E-state index is -0.280. The van der Waals surface area contributed by atoms with Crippen LogP contribution in [0.25, 0.3) is 0 Å². The first-order chi connectivity index (χ1) is 5.45. The summed E-state index contributed by atoms with van der Waals surface area (Å²) >= 11 is 1.74. The number of rotatable bonds is 5. The monoisotopic (exact) mass is 189 g/mol. The van der Waals surface area contributed by atoms with Crippen LogP contribution in [0.5, 0.6) is 0 Å². The average Bonchev–Trinajstić information content (AvgIpc) is 1.98. The first-order valence-corrected chi connectivity index (χ1v) is 5.41. The van der Waals surface area contributed by atoms with Gasteiger partial charge in [0.15, 0.2) is 5.78 Å². The SMILES string of the molecule is CC(C)SCC(N)C(=O)C(C)C. The summed E-state index contributed by atoms with van der Waals surface area (Å²) in [4.78, 5) is 11.3. The van der Waals surface area contributed by atoms with Gasteiger partial charge in [-0.1, -0.05) is 27.7 Å². The van der Waals surface area contributed by atoms with Crippen molar-refractivity contribution < 1.29 is 4.79 Å². The summed E-state index contributed by atoms with van der Waals surface area (Å²) < 4.78 is 0. The zero-order valence-corrected chi connectivity index (χ0v) is 9.15. The highest BCUT2D eigenvalue weighted by Crippen LogP contribution is 2.11. The molecule has 0 aromatic carbocycles. The third-order valence-corrected chi connectivity index (χ3v) is 2.76. The quantitative estimate of drug-likeness (QED) is 0.715. The number of carbonyl (C=O) groups excluding carboxylic acids is 1. The van der Waals surface area contributed by atoms with E-state index in [0.717, 1.165) is 5.75 Å². The molecule has 0 aromatic heterocycles. The number of nitrogens with two attached hydrogens (primary N) is 1. The van der Waals surface area contributed by atoms with Crippen LogP contribution in [0.1, 0.15) is 27.7 Å². The van der Waals surface area contributed by atoms with E-state index in [-0.39, 0.29) is 17.7 Å². The van der Waals surface area contributed by atoms with Crippen LogP contribution in [0.15, 0.2) is 0 Å². The third kappa shape index (κ3) is 4.78. The maximum absolute atomic E-state index is 11.3. The van der Waals surface area contributed by atoms with E-state index in [9.17, 15) is 4.79 Å². The van der Waals surface area contributed by atoms with E-state index in [0.29, 0.717) is 5.25 Å². The molecule has 0 saturated carbocycles. The Labute approximate surface area is 79.3 Å². The predicted octanol–water partition coefficient (Wildman–Crippen LogP) is 1.68. The molecule has 1 unspecified atom stereocenters. The van der Waals surface area contributed by atoms with Crippen LogP contribution in [0.2, 0.25) is 0 Å². The van der Waals surface area contributed by atoms with Gasteiger partial charge in [-0.3, -0.25) is 4.79 Å². The van der Waals surface area contributed by atoms with Crippen molar-refractivity contribution in [2.24, 2.45) is 11.7 Å². The molecule has 0 aliphatic rings. The molecule has 72 valence electrons. The van der Waals surface area contributed by atoms with Crippen LogP contribution >= 0.6 is 11.8 Å². The molecule has 0 bridgehead atoms. The molecule has 0 rings (SSSR count). The maximum Gasteiger partial charge on any atom is 0.152 e. The van der Waals surface area contributed by atoms with Crippen molar-refractivity contribution in [2.45, 2.75) is 39.0 Å². The summed E-state index contributed by atoms with van der Waals surface area (Å²) in [5.74, 6) is 0.977. The van der Waals surface area contributed by atoms with Crippen molar-refractivity contribution in [3.05, 3.63) is 0 Å². The molecule has 0 spiro atoms. The number of hydrogen-bond donors (Lipinski definition) is 1. The summed E-state index contributed by atoms with van der Waals surface area (Å²) in [5.41, 5.74) is 5.70. The standard InChI is InChI=1S/C9H19NOS/c1-6(2)9(11)8(10)5-12-7(3)4/h6-8H,5,10H2,1-4H3. The Bertz CT molecular complexity index is 145. The van der Waals surface area contributed by atoms with Crippen molar-refractivity contribution in [2.75, 3.05) is 5.75 Å². The fraction of sp³-hybridized carbons (Fsp3) is 0.889. The average molecular weight is 189 g/mol. The lowest BCUT2D eigenvalue weighted by molar-refractivity contribution is -0.122. The van der Waals surface area contributed by atoms with Gasteiger partial charge in [-0.25, -0.2) is 0 Å². The predicted molar refractivity (Wildman–Crippen MR) is 55.4 cm³/mol. The van der Waals surface area contributed by atoms with Gasteiger partial charge in [0.25, 0.3) is 0 Å². The Morgan fingerprint density at radius 2 is 1.83 bits per heavy atom. The summed E-state index contributed by atoms with van der Waals surface area (Å²) in [6, 6.07) is -0.280. The molecule has 1 atom stereocenters. The molecule has 0 saturated heterocycles. The molecule has 3 heteroatoms. The van der Waals surface area contributed by atoms with E-state index in [1.807, 2.05) is 13.8 Å². The maximum atomic E-state index is 11.3. The molecule has 0 aromatic rings. The second kappa shape index (κ2) is 5.60. The van der Waals surface area contributed by atoms with Gasteiger partial charge in [0.1, 0.15) is 0 Å². The molecule has 0 fully saturated rings. The van der Waals surface area contributed by atoms with Crippen molar-refractivity contribution in [1.82, 2.24) is 0 Å². The lowest BCUT2D eigenvalue weighted by Crippen LogP contribution is -2.36. The first kappa shape index (κ1) is 12.0. The van der Waals surface area contributed by atoms with E-state index in [1.165, 1.54) is 0 Å². The van der Waals surface area contributed by atoms with Crippen LogP contribution in [-0.4, -0.2) is 22.8 Å². The molecule has 0 aliphatic heterocycles. The van der Waals surface area contributed by atoms with Gasteiger partial charge in [-0.05, 0) is 5.25 Å². The van der Waals surface area contributed by atoms with Crippen LogP contribution in [0.4, 0.5) is 0 Å². The highest BCUT2D eigenvalue weighted by Gasteiger charge is 2.16. The molecule has 0 aliphatic carbocycles. The Morgan fingerprint density at radius 3 is 2.17 bits per heavy atom. The molecule has 0 amide bonds. The van der Waals surface area contributed by atoms with E-state index >= 15 is 0 Å². The van der Waals surface area contributed by atoms with Gasteiger partial charge in [0, 0.05) is 11.7 Å². The third-order valence-electron chi connectivity index (χ3n) is 1.54. The molecule has 0 heterocycles. The lowest BCUT2D eigenvalue weighted by atomic mass is 10.0. The van der Waals surface area contributed by atoms with E-state index in [1.54, 1.807) is 11.8 Å². The zero-order valence-electron chi connectivity index (χ0n) is 8.33. The summed E-state index contributed by atoms with van der Waals surface area (Å²) in [7, 11) is 0. The Balaban J connectivity index is 3.72. The minimum absolute atomic E-state index is 0.0627. The fourth-order valence-electron chi connectivity index (χ4n) is 0.806. The first-order valence-electron chi connectivity index (χ1n) is 4.36. The number of ketones is 1. The molecule has 12 heavy (non-hydrogen) atoms.